The lowest BCUT2D eigenvalue weighted by Crippen LogP contribution is -2.45. The van der Waals surface area contributed by atoms with Crippen molar-refractivity contribution >= 4 is 18.3 Å². The number of hydrogen-bond acceptors (Lipinski definition) is 4. The highest BCUT2D eigenvalue weighted by molar-refractivity contribution is 5.85. The molecule has 0 spiro atoms. The van der Waals surface area contributed by atoms with Gasteiger partial charge in [0.1, 0.15) is 0 Å². The van der Waals surface area contributed by atoms with E-state index in [9.17, 15) is 4.79 Å². The van der Waals surface area contributed by atoms with Gasteiger partial charge in [-0.3, -0.25) is 9.69 Å². The molecule has 0 bridgehead atoms. The molecule has 6 heteroatoms. The number of nitrogens with two attached hydrogens (primary N) is 1. The van der Waals surface area contributed by atoms with Crippen LogP contribution in [0.4, 0.5) is 0 Å². The van der Waals surface area contributed by atoms with Crippen molar-refractivity contribution in [1.82, 2.24) is 9.80 Å². The minimum absolute atomic E-state index is 0. The summed E-state index contributed by atoms with van der Waals surface area (Å²) >= 11 is 0. The van der Waals surface area contributed by atoms with E-state index in [1.54, 1.807) is 0 Å². The van der Waals surface area contributed by atoms with Crippen molar-refractivity contribution in [3.05, 3.63) is 71.8 Å². The topological polar surface area (TPSA) is 58.8 Å². The molecule has 5 nitrogen and oxygen atoms in total. The predicted molar refractivity (Wildman–Crippen MR) is 122 cm³/mol. The van der Waals surface area contributed by atoms with Gasteiger partial charge in [-0.05, 0) is 24.0 Å². The molecule has 0 radical (unpaired) electrons. The summed E-state index contributed by atoms with van der Waals surface area (Å²) in [6.45, 7) is 4.30. The van der Waals surface area contributed by atoms with Crippen molar-refractivity contribution in [2.75, 3.05) is 32.7 Å². The number of piperidine rings is 1. The molecule has 2 saturated heterocycles. The minimum Gasteiger partial charge on any atom is -0.373 e. The average molecular weight is 430 g/mol. The lowest BCUT2D eigenvalue weighted by atomic mass is 9.95. The van der Waals surface area contributed by atoms with Gasteiger partial charge in [0.25, 0.3) is 0 Å². The maximum Gasteiger partial charge on any atom is 0.236 e. The van der Waals surface area contributed by atoms with Crippen molar-refractivity contribution in [3.63, 3.8) is 0 Å². The third-order valence-corrected chi connectivity index (χ3v) is 6.15. The van der Waals surface area contributed by atoms with Crippen LogP contribution in [0.15, 0.2) is 60.7 Å². The van der Waals surface area contributed by atoms with Gasteiger partial charge >= 0.3 is 0 Å². The smallest absolute Gasteiger partial charge is 0.236 e. The van der Waals surface area contributed by atoms with E-state index in [2.05, 4.69) is 41.3 Å². The number of nitrogens with zero attached hydrogens (tertiary/aromatic N) is 2. The van der Waals surface area contributed by atoms with Gasteiger partial charge in [0, 0.05) is 38.1 Å². The molecule has 30 heavy (non-hydrogen) atoms. The molecule has 2 aromatic rings. The summed E-state index contributed by atoms with van der Waals surface area (Å²) in [5, 5.41) is 0. The Labute approximate surface area is 185 Å². The fourth-order valence-electron chi connectivity index (χ4n) is 4.45. The van der Waals surface area contributed by atoms with Crippen LogP contribution in [0.25, 0.3) is 0 Å². The van der Waals surface area contributed by atoms with Crippen LogP contribution in [0.2, 0.25) is 0 Å². The lowest BCUT2D eigenvalue weighted by Gasteiger charge is -2.33. The Morgan fingerprint density at radius 1 is 0.967 bits per heavy atom. The Bertz CT molecular complexity index is 782. The maximum absolute atomic E-state index is 12.8. The van der Waals surface area contributed by atoms with E-state index in [-0.39, 0.29) is 30.5 Å². The van der Waals surface area contributed by atoms with Crippen LogP contribution >= 0.6 is 12.4 Å². The van der Waals surface area contributed by atoms with Gasteiger partial charge in [0.2, 0.25) is 5.91 Å². The molecular formula is C24H32ClN3O2. The van der Waals surface area contributed by atoms with E-state index < -0.39 is 0 Å². The van der Waals surface area contributed by atoms with Crippen molar-refractivity contribution in [3.8, 4) is 0 Å². The molecule has 2 aromatic carbocycles. The van der Waals surface area contributed by atoms with E-state index in [0.29, 0.717) is 19.1 Å². The normalized spacial score (nSPS) is 22.6. The molecule has 0 saturated carbocycles. The lowest BCUT2D eigenvalue weighted by molar-refractivity contribution is -0.135. The minimum atomic E-state index is 0. The van der Waals surface area contributed by atoms with Crippen LogP contribution in [-0.2, 0) is 16.1 Å². The summed E-state index contributed by atoms with van der Waals surface area (Å²) in [6, 6.07) is 20.7. The van der Waals surface area contributed by atoms with Crippen molar-refractivity contribution in [1.29, 1.82) is 0 Å². The van der Waals surface area contributed by atoms with Crippen LogP contribution in [0.5, 0.6) is 0 Å². The predicted octanol–water partition coefficient (Wildman–Crippen LogP) is 3.04. The average Bonchev–Trinajstić information content (AvgIpc) is 3.14. The first-order chi connectivity index (χ1) is 14.2. The second-order valence-corrected chi connectivity index (χ2v) is 8.25. The van der Waals surface area contributed by atoms with Crippen molar-refractivity contribution < 1.29 is 9.53 Å². The summed E-state index contributed by atoms with van der Waals surface area (Å²) in [5.74, 6) is 0.522. The second kappa shape index (κ2) is 10.9. The van der Waals surface area contributed by atoms with Crippen LogP contribution in [-0.4, -0.2) is 60.6 Å². The third kappa shape index (κ3) is 5.82. The van der Waals surface area contributed by atoms with Crippen LogP contribution < -0.4 is 5.73 Å². The Morgan fingerprint density at radius 2 is 1.60 bits per heavy atom. The SMILES string of the molecule is Cl.N[C@@H]1CN(CC(=O)N2CCC(OCc3ccccc3)CC2)C[C@H]1c1ccccc1. The number of hydrogen-bond donors (Lipinski definition) is 1. The zero-order valence-electron chi connectivity index (χ0n) is 17.4. The molecule has 0 unspecified atom stereocenters. The van der Waals surface area contributed by atoms with Crippen molar-refractivity contribution in [2.45, 2.75) is 37.5 Å². The summed E-state index contributed by atoms with van der Waals surface area (Å²) in [7, 11) is 0. The summed E-state index contributed by atoms with van der Waals surface area (Å²) < 4.78 is 6.04. The number of carbonyl (C=O) groups excluding carboxylic acids is 1. The zero-order chi connectivity index (χ0) is 20.1. The van der Waals surface area contributed by atoms with Gasteiger partial charge in [-0.2, -0.15) is 0 Å². The van der Waals surface area contributed by atoms with Crippen LogP contribution in [0.1, 0.15) is 29.9 Å². The number of carbonyl (C=O) groups is 1. The molecule has 0 aromatic heterocycles. The largest absolute Gasteiger partial charge is 0.373 e. The van der Waals surface area contributed by atoms with E-state index in [1.807, 2.05) is 29.2 Å². The fourth-order valence-corrected chi connectivity index (χ4v) is 4.45. The third-order valence-electron chi connectivity index (χ3n) is 6.15. The quantitative estimate of drug-likeness (QED) is 0.766. The molecule has 2 fully saturated rings. The Morgan fingerprint density at radius 3 is 2.27 bits per heavy atom. The highest BCUT2D eigenvalue weighted by atomic mass is 35.5. The summed E-state index contributed by atoms with van der Waals surface area (Å²) in [4.78, 5) is 17.0. The van der Waals surface area contributed by atoms with Gasteiger partial charge in [-0.15, -0.1) is 12.4 Å². The van der Waals surface area contributed by atoms with Gasteiger partial charge < -0.3 is 15.4 Å². The first-order valence-electron chi connectivity index (χ1n) is 10.7. The summed E-state index contributed by atoms with van der Waals surface area (Å²) in [5.41, 5.74) is 8.84. The number of halogens is 1. The standard InChI is InChI=1S/C24H31N3O2.ClH/c25-23-16-26(15-22(23)20-9-5-2-6-10-20)17-24(28)27-13-11-21(12-14-27)29-18-19-7-3-1-4-8-19;/h1-10,21-23H,11-18,25H2;1H/t22-,23+;/m0./s1. The highest BCUT2D eigenvalue weighted by Crippen LogP contribution is 2.26. The van der Waals surface area contributed by atoms with Crippen molar-refractivity contribution in [2.24, 2.45) is 5.73 Å². The monoisotopic (exact) mass is 429 g/mol. The van der Waals surface area contributed by atoms with E-state index in [4.69, 9.17) is 10.5 Å². The first-order valence-corrected chi connectivity index (χ1v) is 10.7. The first kappa shape index (κ1) is 22.8. The van der Waals surface area contributed by atoms with E-state index in [1.165, 1.54) is 11.1 Å². The molecule has 2 N–H and O–H groups in total. The molecule has 2 heterocycles. The van der Waals surface area contributed by atoms with Crippen LogP contribution in [0.3, 0.4) is 0 Å². The molecule has 2 aliphatic heterocycles. The zero-order valence-corrected chi connectivity index (χ0v) is 18.2. The van der Waals surface area contributed by atoms with Gasteiger partial charge in [0.15, 0.2) is 0 Å². The molecule has 2 atom stereocenters. The number of likely N-dealkylation sites (tertiary alicyclic amines) is 2. The number of rotatable bonds is 6. The number of amides is 1. The number of benzene rings is 2. The van der Waals surface area contributed by atoms with E-state index >= 15 is 0 Å². The fraction of sp³-hybridized carbons (Fsp3) is 0.458. The van der Waals surface area contributed by atoms with Crippen LogP contribution in [0, 0.1) is 0 Å². The number of ether oxygens (including phenoxy) is 1. The molecule has 162 valence electrons. The Balaban J connectivity index is 0.00000256. The molecule has 2 aliphatic rings. The van der Waals surface area contributed by atoms with E-state index in [0.717, 1.165) is 39.0 Å². The second-order valence-electron chi connectivity index (χ2n) is 8.25. The molecule has 1 amide bonds. The van der Waals surface area contributed by atoms with Gasteiger partial charge in [-0.1, -0.05) is 60.7 Å². The molecule has 0 aliphatic carbocycles. The van der Waals surface area contributed by atoms with Gasteiger partial charge in [0.05, 0.1) is 19.3 Å². The Kier molecular flexibility index (Phi) is 8.28. The molecular weight excluding hydrogens is 398 g/mol. The molecule has 4 rings (SSSR count). The maximum atomic E-state index is 12.8. The summed E-state index contributed by atoms with van der Waals surface area (Å²) in [6.07, 6.45) is 2.05. The Hall–Kier alpha value is -1.92. The van der Waals surface area contributed by atoms with Gasteiger partial charge in [-0.25, -0.2) is 0 Å². The highest BCUT2D eigenvalue weighted by Gasteiger charge is 2.33.